The first kappa shape index (κ1) is 18.5. The van der Waals surface area contributed by atoms with Crippen molar-refractivity contribution in [3.8, 4) is 0 Å². The Balaban J connectivity index is 1.66. The van der Waals surface area contributed by atoms with Crippen LogP contribution in [0.1, 0.15) is 18.1 Å². The number of nitrogens with one attached hydrogen (secondary N) is 2. The van der Waals surface area contributed by atoms with Gasteiger partial charge >= 0.3 is 0 Å². The van der Waals surface area contributed by atoms with Crippen molar-refractivity contribution in [2.45, 2.75) is 19.9 Å². The second kappa shape index (κ2) is 8.36. The second-order valence-electron chi connectivity index (χ2n) is 6.33. The Morgan fingerprint density at radius 2 is 1.89 bits per heavy atom. The van der Waals surface area contributed by atoms with E-state index in [1.807, 2.05) is 48.4 Å². The van der Waals surface area contributed by atoms with E-state index >= 15 is 0 Å². The number of benzene rings is 2. The van der Waals surface area contributed by atoms with Crippen LogP contribution in [0.4, 0.5) is 5.69 Å². The molecule has 0 aliphatic heterocycles. The van der Waals surface area contributed by atoms with Crippen LogP contribution in [-0.2, 0) is 22.6 Å². The van der Waals surface area contributed by atoms with Crippen molar-refractivity contribution in [2.75, 3.05) is 11.9 Å². The molecule has 0 bridgehead atoms. The number of hydrogen-bond acceptors (Lipinski definition) is 2. The lowest BCUT2D eigenvalue weighted by atomic mass is 10.1. The van der Waals surface area contributed by atoms with Crippen molar-refractivity contribution >= 4 is 28.4 Å². The van der Waals surface area contributed by atoms with E-state index in [0.29, 0.717) is 25.2 Å². The molecule has 138 valence electrons. The highest BCUT2D eigenvalue weighted by atomic mass is 16.2. The van der Waals surface area contributed by atoms with Gasteiger partial charge in [0.25, 0.3) is 0 Å². The van der Waals surface area contributed by atoms with Crippen molar-refractivity contribution in [2.24, 2.45) is 0 Å². The number of nitrogens with zero attached hydrogens (tertiary/aromatic N) is 1. The number of H-pyrrole nitrogens is 1. The van der Waals surface area contributed by atoms with Crippen LogP contribution in [0.15, 0.2) is 67.4 Å². The Hall–Kier alpha value is -3.34. The maximum Gasteiger partial charge on any atom is 0.247 e. The first-order chi connectivity index (χ1) is 13.1. The molecular formula is C22H23N3O2. The molecule has 2 aromatic carbocycles. The van der Waals surface area contributed by atoms with E-state index in [0.717, 1.165) is 22.0 Å². The minimum absolute atomic E-state index is 0.0747. The number of carbonyl (C=O) groups is 2. The van der Waals surface area contributed by atoms with Gasteiger partial charge in [0, 0.05) is 35.9 Å². The van der Waals surface area contributed by atoms with E-state index in [1.165, 1.54) is 6.08 Å². The first-order valence-electron chi connectivity index (χ1n) is 8.96. The van der Waals surface area contributed by atoms with Gasteiger partial charge in [-0.3, -0.25) is 9.59 Å². The number of amides is 2. The molecule has 0 radical (unpaired) electrons. The van der Waals surface area contributed by atoms with Gasteiger partial charge in [-0.05, 0) is 42.3 Å². The summed E-state index contributed by atoms with van der Waals surface area (Å²) in [6.45, 7) is 6.64. The molecule has 0 fully saturated rings. The highest BCUT2D eigenvalue weighted by molar-refractivity contribution is 5.98. The predicted molar refractivity (Wildman–Crippen MR) is 108 cm³/mol. The monoisotopic (exact) mass is 361 g/mol. The number of carbonyl (C=O) groups excluding carboxylic acids is 2. The molecule has 0 unspecified atom stereocenters. The second-order valence-corrected chi connectivity index (χ2v) is 6.33. The summed E-state index contributed by atoms with van der Waals surface area (Å²) >= 11 is 0. The van der Waals surface area contributed by atoms with E-state index in [9.17, 15) is 9.59 Å². The normalized spacial score (nSPS) is 10.6. The molecule has 3 rings (SSSR count). The summed E-state index contributed by atoms with van der Waals surface area (Å²) in [5.41, 5.74) is 3.78. The van der Waals surface area contributed by atoms with Crippen molar-refractivity contribution in [3.63, 3.8) is 0 Å². The van der Waals surface area contributed by atoms with Crippen molar-refractivity contribution in [1.29, 1.82) is 0 Å². The zero-order valence-electron chi connectivity index (χ0n) is 15.4. The quantitative estimate of drug-likeness (QED) is 0.627. The number of rotatable bonds is 7. The standard InChI is InChI=1S/C22H23N3O2/c1-3-21(26)24-18-11-9-16(10-12-18)13-22(27)25(4-2)15-17-14-23-20-8-6-5-7-19(17)20/h3,5-12,14,23H,1,4,13,15H2,2H3,(H,24,26). The fourth-order valence-corrected chi connectivity index (χ4v) is 3.03. The summed E-state index contributed by atoms with van der Waals surface area (Å²) in [7, 11) is 0. The Morgan fingerprint density at radius 1 is 1.15 bits per heavy atom. The average Bonchev–Trinajstić information content (AvgIpc) is 3.10. The van der Waals surface area contributed by atoms with Gasteiger partial charge < -0.3 is 15.2 Å². The van der Waals surface area contributed by atoms with Crippen LogP contribution in [-0.4, -0.2) is 28.2 Å². The smallest absolute Gasteiger partial charge is 0.247 e. The summed E-state index contributed by atoms with van der Waals surface area (Å²) < 4.78 is 0. The number of para-hydroxylation sites is 1. The van der Waals surface area contributed by atoms with Gasteiger partial charge in [-0.2, -0.15) is 0 Å². The van der Waals surface area contributed by atoms with E-state index in [4.69, 9.17) is 0 Å². The SMILES string of the molecule is C=CC(=O)Nc1ccc(CC(=O)N(CC)Cc2c[nH]c3ccccc23)cc1. The summed E-state index contributed by atoms with van der Waals surface area (Å²) in [6, 6.07) is 15.4. The van der Waals surface area contributed by atoms with Gasteiger partial charge in [0.1, 0.15) is 0 Å². The summed E-state index contributed by atoms with van der Waals surface area (Å²) in [5.74, 6) is -0.180. The number of anilines is 1. The highest BCUT2D eigenvalue weighted by Crippen LogP contribution is 2.20. The topological polar surface area (TPSA) is 65.2 Å². The molecule has 2 N–H and O–H groups in total. The lowest BCUT2D eigenvalue weighted by Gasteiger charge is -2.21. The maximum atomic E-state index is 12.7. The van der Waals surface area contributed by atoms with Gasteiger partial charge in [-0.25, -0.2) is 0 Å². The number of hydrogen-bond donors (Lipinski definition) is 2. The molecule has 1 heterocycles. The molecule has 0 saturated heterocycles. The zero-order chi connectivity index (χ0) is 19.2. The molecule has 27 heavy (non-hydrogen) atoms. The van der Waals surface area contributed by atoms with E-state index in [1.54, 1.807) is 12.1 Å². The third-order valence-electron chi connectivity index (χ3n) is 4.53. The molecule has 2 amide bonds. The maximum absolute atomic E-state index is 12.7. The molecule has 1 aromatic heterocycles. The average molecular weight is 361 g/mol. The first-order valence-corrected chi connectivity index (χ1v) is 8.96. The van der Waals surface area contributed by atoms with Crippen LogP contribution < -0.4 is 5.32 Å². The van der Waals surface area contributed by atoms with Gasteiger partial charge in [0.2, 0.25) is 11.8 Å². The van der Waals surface area contributed by atoms with Gasteiger partial charge in [0.05, 0.1) is 6.42 Å². The van der Waals surface area contributed by atoms with Crippen LogP contribution in [0.25, 0.3) is 10.9 Å². The molecule has 5 heteroatoms. The zero-order valence-corrected chi connectivity index (χ0v) is 15.4. The molecule has 0 atom stereocenters. The highest BCUT2D eigenvalue weighted by Gasteiger charge is 2.15. The van der Waals surface area contributed by atoms with Gasteiger partial charge in [-0.15, -0.1) is 0 Å². The lowest BCUT2D eigenvalue weighted by Crippen LogP contribution is -2.31. The van der Waals surface area contributed by atoms with E-state index in [2.05, 4.69) is 22.9 Å². The molecule has 5 nitrogen and oxygen atoms in total. The largest absolute Gasteiger partial charge is 0.361 e. The van der Waals surface area contributed by atoms with Crippen molar-refractivity contribution in [3.05, 3.63) is 78.5 Å². The molecule has 0 saturated carbocycles. The number of aromatic nitrogens is 1. The Kier molecular flexibility index (Phi) is 5.71. The van der Waals surface area contributed by atoms with Crippen LogP contribution in [0.5, 0.6) is 0 Å². The summed E-state index contributed by atoms with van der Waals surface area (Å²) in [6.07, 6.45) is 3.52. The van der Waals surface area contributed by atoms with Crippen LogP contribution in [0, 0.1) is 0 Å². The minimum Gasteiger partial charge on any atom is -0.361 e. The fraction of sp³-hybridized carbons (Fsp3) is 0.182. The van der Waals surface area contributed by atoms with Gasteiger partial charge in [-0.1, -0.05) is 36.9 Å². The molecule has 0 spiro atoms. The molecule has 3 aromatic rings. The molecule has 0 aliphatic carbocycles. The number of likely N-dealkylation sites (N-methyl/N-ethyl adjacent to an activating group) is 1. The molecule has 0 aliphatic rings. The lowest BCUT2D eigenvalue weighted by molar-refractivity contribution is -0.130. The van der Waals surface area contributed by atoms with E-state index < -0.39 is 0 Å². The fourth-order valence-electron chi connectivity index (χ4n) is 3.03. The number of fused-ring (bicyclic) bond motifs is 1. The Morgan fingerprint density at radius 3 is 2.59 bits per heavy atom. The van der Waals surface area contributed by atoms with Crippen LogP contribution in [0.3, 0.4) is 0 Å². The van der Waals surface area contributed by atoms with Crippen molar-refractivity contribution in [1.82, 2.24) is 9.88 Å². The Labute approximate surface area is 158 Å². The summed E-state index contributed by atoms with van der Waals surface area (Å²) in [4.78, 5) is 29.2. The molecular weight excluding hydrogens is 338 g/mol. The van der Waals surface area contributed by atoms with E-state index in [-0.39, 0.29) is 11.8 Å². The van der Waals surface area contributed by atoms with Crippen LogP contribution in [0.2, 0.25) is 0 Å². The third-order valence-corrected chi connectivity index (χ3v) is 4.53. The van der Waals surface area contributed by atoms with Crippen LogP contribution >= 0.6 is 0 Å². The summed E-state index contributed by atoms with van der Waals surface area (Å²) in [5, 5.41) is 3.84. The minimum atomic E-state index is -0.255. The van der Waals surface area contributed by atoms with Crippen molar-refractivity contribution < 1.29 is 9.59 Å². The van der Waals surface area contributed by atoms with Gasteiger partial charge in [0.15, 0.2) is 0 Å². The predicted octanol–water partition coefficient (Wildman–Crippen LogP) is 3.88. The third kappa shape index (κ3) is 4.44. The number of aromatic amines is 1. The Bertz CT molecular complexity index is 957.